The third-order valence-corrected chi connectivity index (χ3v) is 2.13. The van der Waals surface area contributed by atoms with Crippen molar-refractivity contribution in [3.05, 3.63) is 22.7 Å². The predicted octanol–water partition coefficient (Wildman–Crippen LogP) is 3.25. The molecule has 0 aromatic heterocycles. The molecule has 0 amide bonds. The van der Waals surface area contributed by atoms with Crippen LogP contribution in [-0.2, 0) is 0 Å². The van der Waals surface area contributed by atoms with Crippen molar-refractivity contribution < 1.29 is 0 Å². The van der Waals surface area contributed by atoms with Crippen molar-refractivity contribution in [3.63, 3.8) is 0 Å². The molecule has 0 aliphatic heterocycles. The number of allylic oxidation sites excluding steroid dienone is 4. The Morgan fingerprint density at radius 2 is 2.44 bits per heavy atom. The Bertz CT molecular complexity index is 145. The molecule has 0 saturated heterocycles. The maximum Gasteiger partial charge on any atom is 0.0132 e. The van der Waals surface area contributed by atoms with Gasteiger partial charge in [-0.1, -0.05) is 41.1 Å². The summed E-state index contributed by atoms with van der Waals surface area (Å²) in [5.74, 6) is 0.747. The summed E-state index contributed by atoms with van der Waals surface area (Å²) in [5, 5.41) is 0. The Morgan fingerprint density at radius 1 is 1.67 bits per heavy atom. The van der Waals surface area contributed by atoms with Gasteiger partial charge in [-0.15, -0.1) is 0 Å². The van der Waals surface area contributed by atoms with Crippen molar-refractivity contribution in [2.24, 2.45) is 5.92 Å². The summed E-state index contributed by atoms with van der Waals surface area (Å²) >= 11 is 3.44. The van der Waals surface area contributed by atoms with Gasteiger partial charge in [-0.2, -0.15) is 0 Å². The molecule has 1 aliphatic rings. The minimum absolute atomic E-state index is 0.747. The van der Waals surface area contributed by atoms with E-state index in [0.717, 1.165) is 5.92 Å². The van der Waals surface area contributed by atoms with Crippen LogP contribution in [0.15, 0.2) is 22.7 Å². The van der Waals surface area contributed by atoms with Crippen molar-refractivity contribution in [3.8, 4) is 0 Å². The highest BCUT2D eigenvalue weighted by molar-refractivity contribution is 9.11. The SMILES string of the molecule is CC1C=CC(Br)=CCC1. The number of hydrogen-bond donors (Lipinski definition) is 0. The first kappa shape index (κ1) is 7.07. The molecule has 0 heterocycles. The van der Waals surface area contributed by atoms with Gasteiger partial charge >= 0.3 is 0 Å². The van der Waals surface area contributed by atoms with Crippen molar-refractivity contribution >= 4 is 15.9 Å². The third-order valence-electron chi connectivity index (χ3n) is 1.55. The van der Waals surface area contributed by atoms with Gasteiger partial charge in [0.15, 0.2) is 0 Å². The average molecular weight is 187 g/mol. The largest absolute Gasteiger partial charge is 0.0806 e. The van der Waals surface area contributed by atoms with Gasteiger partial charge in [0.05, 0.1) is 0 Å². The Kier molecular flexibility index (Phi) is 2.52. The highest BCUT2D eigenvalue weighted by atomic mass is 79.9. The van der Waals surface area contributed by atoms with E-state index in [2.05, 4.69) is 41.1 Å². The van der Waals surface area contributed by atoms with E-state index in [9.17, 15) is 0 Å². The van der Waals surface area contributed by atoms with Gasteiger partial charge < -0.3 is 0 Å². The fourth-order valence-electron chi connectivity index (χ4n) is 0.905. The Hall–Kier alpha value is -0.0400. The molecule has 0 nitrogen and oxygen atoms in total. The Balaban J connectivity index is 2.58. The molecule has 0 radical (unpaired) electrons. The van der Waals surface area contributed by atoms with E-state index >= 15 is 0 Å². The van der Waals surface area contributed by atoms with Gasteiger partial charge in [-0.3, -0.25) is 0 Å². The predicted molar refractivity (Wildman–Crippen MR) is 44.5 cm³/mol. The lowest BCUT2D eigenvalue weighted by Crippen LogP contribution is -1.84. The number of hydrogen-bond acceptors (Lipinski definition) is 0. The molecule has 1 aliphatic carbocycles. The van der Waals surface area contributed by atoms with Crippen LogP contribution in [0, 0.1) is 5.92 Å². The smallest absolute Gasteiger partial charge is 0.0132 e. The van der Waals surface area contributed by atoms with Crippen molar-refractivity contribution in [1.82, 2.24) is 0 Å². The van der Waals surface area contributed by atoms with Crippen LogP contribution in [0.2, 0.25) is 0 Å². The zero-order chi connectivity index (χ0) is 6.69. The second-order valence-corrected chi connectivity index (χ2v) is 3.42. The third kappa shape index (κ3) is 2.35. The molecule has 0 aromatic carbocycles. The van der Waals surface area contributed by atoms with E-state index in [-0.39, 0.29) is 0 Å². The first-order valence-electron chi connectivity index (χ1n) is 3.33. The summed E-state index contributed by atoms with van der Waals surface area (Å²) in [6.45, 7) is 2.25. The average Bonchev–Trinajstić information content (AvgIpc) is 1.97. The summed E-state index contributed by atoms with van der Waals surface area (Å²) in [7, 11) is 0. The van der Waals surface area contributed by atoms with Gasteiger partial charge in [0.25, 0.3) is 0 Å². The second kappa shape index (κ2) is 3.21. The molecule has 1 rings (SSSR count). The van der Waals surface area contributed by atoms with Crippen molar-refractivity contribution in [2.45, 2.75) is 19.8 Å². The van der Waals surface area contributed by atoms with Crippen LogP contribution in [0.1, 0.15) is 19.8 Å². The molecule has 0 spiro atoms. The van der Waals surface area contributed by atoms with Crippen molar-refractivity contribution in [2.75, 3.05) is 0 Å². The zero-order valence-corrected chi connectivity index (χ0v) is 7.19. The van der Waals surface area contributed by atoms with E-state index in [1.165, 1.54) is 17.3 Å². The van der Waals surface area contributed by atoms with Gasteiger partial charge in [-0.25, -0.2) is 0 Å². The van der Waals surface area contributed by atoms with E-state index in [4.69, 9.17) is 0 Å². The summed E-state index contributed by atoms with van der Waals surface area (Å²) < 4.78 is 1.23. The lowest BCUT2D eigenvalue weighted by molar-refractivity contribution is 0.662. The number of rotatable bonds is 0. The fourth-order valence-corrected chi connectivity index (χ4v) is 1.29. The standard InChI is InChI=1S/C8H11Br/c1-7-3-2-4-8(9)6-5-7/h4-7H,2-3H2,1H3. The molecule has 0 aromatic rings. The first-order valence-corrected chi connectivity index (χ1v) is 4.12. The second-order valence-electron chi connectivity index (χ2n) is 2.50. The van der Waals surface area contributed by atoms with Gasteiger partial charge in [-0.05, 0) is 18.8 Å². The molecular weight excluding hydrogens is 176 g/mol. The van der Waals surface area contributed by atoms with Gasteiger partial charge in [0.2, 0.25) is 0 Å². The summed E-state index contributed by atoms with van der Waals surface area (Å²) in [4.78, 5) is 0. The zero-order valence-electron chi connectivity index (χ0n) is 5.60. The molecule has 9 heavy (non-hydrogen) atoms. The molecule has 50 valence electrons. The molecule has 0 N–H and O–H groups in total. The van der Waals surface area contributed by atoms with Gasteiger partial charge in [0.1, 0.15) is 0 Å². The minimum atomic E-state index is 0.747. The molecule has 1 heteroatoms. The lowest BCUT2D eigenvalue weighted by atomic mass is 10.1. The Morgan fingerprint density at radius 3 is 3.22 bits per heavy atom. The maximum atomic E-state index is 3.44. The highest BCUT2D eigenvalue weighted by Gasteiger charge is 1.98. The van der Waals surface area contributed by atoms with Crippen LogP contribution in [0.4, 0.5) is 0 Å². The van der Waals surface area contributed by atoms with Crippen LogP contribution < -0.4 is 0 Å². The summed E-state index contributed by atoms with van der Waals surface area (Å²) in [6, 6.07) is 0. The molecule has 0 bridgehead atoms. The summed E-state index contributed by atoms with van der Waals surface area (Å²) in [5.41, 5.74) is 0. The molecular formula is C8H11Br. The van der Waals surface area contributed by atoms with E-state index in [1.54, 1.807) is 0 Å². The normalized spacial score (nSPS) is 27.3. The Labute approximate surface area is 64.8 Å². The molecule has 0 saturated carbocycles. The fraction of sp³-hybridized carbons (Fsp3) is 0.500. The van der Waals surface area contributed by atoms with Crippen LogP contribution in [0.5, 0.6) is 0 Å². The van der Waals surface area contributed by atoms with Gasteiger partial charge in [0, 0.05) is 4.48 Å². The summed E-state index contributed by atoms with van der Waals surface area (Å²) in [6.07, 6.45) is 9.09. The monoisotopic (exact) mass is 186 g/mol. The number of halogens is 1. The molecule has 1 atom stereocenters. The van der Waals surface area contributed by atoms with Crippen molar-refractivity contribution in [1.29, 1.82) is 0 Å². The van der Waals surface area contributed by atoms with Crippen LogP contribution >= 0.6 is 15.9 Å². The highest BCUT2D eigenvalue weighted by Crippen LogP contribution is 2.18. The van der Waals surface area contributed by atoms with Crippen LogP contribution in [-0.4, -0.2) is 0 Å². The maximum absolute atomic E-state index is 3.44. The van der Waals surface area contributed by atoms with E-state index in [1.807, 2.05) is 0 Å². The van der Waals surface area contributed by atoms with Crippen LogP contribution in [0.3, 0.4) is 0 Å². The van der Waals surface area contributed by atoms with Crippen LogP contribution in [0.25, 0.3) is 0 Å². The topological polar surface area (TPSA) is 0 Å². The van der Waals surface area contributed by atoms with E-state index < -0.39 is 0 Å². The quantitative estimate of drug-likeness (QED) is 0.546. The lowest BCUT2D eigenvalue weighted by Gasteiger charge is -1.97. The minimum Gasteiger partial charge on any atom is -0.0806 e. The molecule has 0 fully saturated rings. The van der Waals surface area contributed by atoms with E-state index in [0.29, 0.717) is 0 Å². The molecule has 1 unspecified atom stereocenters. The first-order chi connectivity index (χ1) is 4.29.